The summed E-state index contributed by atoms with van der Waals surface area (Å²) in [6.07, 6.45) is 0. The first-order valence-electron chi connectivity index (χ1n) is 6.49. The Morgan fingerprint density at radius 2 is 2.10 bits per heavy atom. The number of nitrogens with two attached hydrogens (primary N) is 1. The van der Waals surface area contributed by atoms with E-state index in [2.05, 4.69) is 5.32 Å². The van der Waals surface area contributed by atoms with Crippen LogP contribution in [0.3, 0.4) is 0 Å². The zero-order valence-corrected chi connectivity index (χ0v) is 13.5. The summed E-state index contributed by atoms with van der Waals surface area (Å²) in [5.74, 6) is -0.852. The number of nitrogens with zero attached hydrogens (tertiary/aromatic N) is 1. The summed E-state index contributed by atoms with van der Waals surface area (Å²) >= 11 is 1.16. The third kappa shape index (κ3) is 3.85. The van der Waals surface area contributed by atoms with E-state index in [4.69, 9.17) is 15.2 Å². The van der Waals surface area contributed by atoms with E-state index in [9.17, 15) is 9.59 Å². The standard InChI is InChI=1S/C13H21N3O4S/c1-5-20-13(18)8-9(14)10(11(17)15-2)21-12(8)16(3)6-7-19-4/h5-7,14H2,1-4H3,(H,15,17). The number of likely N-dealkylation sites (N-methyl/N-ethyl adjacent to an activating group) is 1. The molecule has 118 valence electrons. The third-order valence-electron chi connectivity index (χ3n) is 2.82. The van der Waals surface area contributed by atoms with Gasteiger partial charge in [0.1, 0.15) is 15.4 Å². The molecule has 0 fully saturated rings. The van der Waals surface area contributed by atoms with Crippen molar-refractivity contribution in [1.29, 1.82) is 0 Å². The number of nitrogens with one attached hydrogen (secondary N) is 1. The molecule has 3 N–H and O–H groups in total. The Morgan fingerprint density at radius 1 is 1.43 bits per heavy atom. The van der Waals surface area contributed by atoms with Crippen molar-refractivity contribution in [3.05, 3.63) is 10.4 Å². The van der Waals surface area contributed by atoms with E-state index in [0.717, 1.165) is 11.3 Å². The predicted molar refractivity (Wildman–Crippen MR) is 83.2 cm³/mol. The van der Waals surface area contributed by atoms with Crippen molar-refractivity contribution < 1.29 is 19.1 Å². The van der Waals surface area contributed by atoms with Crippen molar-refractivity contribution in [2.24, 2.45) is 0 Å². The number of nitrogen functional groups attached to an aromatic ring is 1. The summed E-state index contributed by atoms with van der Waals surface area (Å²) in [7, 11) is 4.92. The highest BCUT2D eigenvalue weighted by atomic mass is 32.1. The summed E-state index contributed by atoms with van der Waals surface area (Å²) in [4.78, 5) is 26.1. The molecular weight excluding hydrogens is 294 g/mol. The Balaban J connectivity index is 3.25. The topological polar surface area (TPSA) is 93.9 Å². The largest absolute Gasteiger partial charge is 0.462 e. The van der Waals surface area contributed by atoms with Gasteiger partial charge >= 0.3 is 5.97 Å². The van der Waals surface area contributed by atoms with Crippen LogP contribution < -0.4 is 16.0 Å². The lowest BCUT2D eigenvalue weighted by molar-refractivity contribution is 0.0529. The quantitative estimate of drug-likeness (QED) is 0.728. The van der Waals surface area contributed by atoms with Gasteiger partial charge in [0.15, 0.2) is 0 Å². The first-order valence-corrected chi connectivity index (χ1v) is 7.31. The molecule has 7 nitrogen and oxygen atoms in total. The van der Waals surface area contributed by atoms with Crippen LogP contribution in [-0.2, 0) is 9.47 Å². The van der Waals surface area contributed by atoms with Gasteiger partial charge in [0.05, 0.1) is 18.9 Å². The fourth-order valence-corrected chi connectivity index (χ4v) is 2.86. The Kier molecular flexibility index (Phi) is 6.44. The number of thiophene rings is 1. The van der Waals surface area contributed by atoms with Gasteiger partial charge in [-0.25, -0.2) is 4.79 Å². The van der Waals surface area contributed by atoms with E-state index in [-0.39, 0.29) is 23.8 Å². The summed E-state index contributed by atoms with van der Waals surface area (Å²) in [5.41, 5.74) is 6.35. The fraction of sp³-hybridized carbons (Fsp3) is 0.538. The monoisotopic (exact) mass is 315 g/mol. The van der Waals surface area contributed by atoms with Gasteiger partial charge in [0.25, 0.3) is 5.91 Å². The SMILES string of the molecule is CCOC(=O)c1c(N(C)CCOC)sc(C(=O)NC)c1N. The molecule has 1 rings (SSSR count). The van der Waals surface area contributed by atoms with E-state index in [1.807, 2.05) is 4.90 Å². The molecule has 1 aromatic rings. The zero-order chi connectivity index (χ0) is 16.0. The van der Waals surface area contributed by atoms with E-state index < -0.39 is 5.97 Å². The highest BCUT2D eigenvalue weighted by Gasteiger charge is 2.27. The molecule has 0 aromatic carbocycles. The van der Waals surface area contributed by atoms with Crippen molar-refractivity contribution in [3.63, 3.8) is 0 Å². The maximum atomic E-state index is 12.1. The molecule has 0 radical (unpaired) electrons. The van der Waals surface area contributed by atoms with Gasteiger partial charge < -0.3 is 25.4 Å². The number of hydrogen-bond acceptors (Lipinski definition) is 7. The first kappa shape index (κ1) is 17.3. The van der Waals surface area contributed by atoms with Crippen molar-refractivity contribution in [3.8, 4) is 0 Å². The highest BCUT2D eigenvalue weighted by Crippen LogP contribution is 2.38. The van der Waals surface area contributed by atoms with Crippen molar-refractivity contribution in [2.45, 2.75) is 6.92 Å². The van der Waals surface area contributed by atoms with Crippen LogP contribution in [0.5, 0.6) is 0 Å². The van der Waals surface area contributed by atoms with Gasteiger partial charge in [-0.15, -0.1) is 11.3 Å². The Labute approximate surface area is 128 Å². The number of amides is 1. The van der Waals surface area contributed by atoms with Crippen LogP contribution in [0.4, 0.5) is 10.7 Å². The van der Waals surface area contributed by atoms with Crippen LogP contribution in [0.2, 0.25) is 0 Å². The number of carbonyl (C=O) groups excluding carboxylic acids is 2. The Morgan fingerprint density at radius 3 is 2.62 bits per heavy atom. The lowest BCUT2D eigenvalue weighted by Gasteiger charge is -2.18. The normalized spacial score (nSPS) is 10.3. The molecule has 1 amide bonds. The highest BCUT2D eigenvalue weighted by molar-refractivity contribution is 7.19. The van der Waals surface area contributed by atoms with Crippen molar-refractivity contribution in [2.75, 3.05) is 51.6 Å². The minimum absolute atomic E-state index is 0.150. The molecule has 0 spiro atoms. The second-order valence-electron chi connectivity index (χ2n) is 4.24. The average molecular weight is 315 g/mol. The Bertz CT molecular complexity index is 516. The number of carbonyl (C=O) groups is 2. The molecule has 0 aliphatic heterocycles. The summed E-state index contributed by atoms with van der Waals surface area (Å²) < 4.78 is 10.1. The van der Waals surface area contributed by atoms with Gasteiger partial charge in [0.2, 0.25) is 0 Å². The molecule has 8 heteroatoms. The maximum absolute atomic E-state index is 12.1. The number of anilines is 2. The fourth-order valence-electron chi connectivity index (χ4n) is 1.71. The van der Waals surface area contributed by atoms with Gasteiger partial charge in [-0.05, 0) is 6.92 Å². The van der Waals surface area contributed by atoms with Crippen LogP contribution in [0.25, 0.3) is 0 Å². The molecule has 0 bridgehead atoms. The molecule has 0 unspecified atom stereocenters. The van der Waals surface area contributed by atoms with E-state index in [1.165, 1.54) is 7.05 Å². The minimum Gasteiger partial charge on any atom is -0.462 e. The molecule has 1 aromatic heterocycles. The lowest BCUT2D eigenvalue weighted by Crippen LogP contribution is -2.23. The smallest absolute Gasteiger partial charge is 0.343 e. The van der Waals surface area contributed by atoms with Gasteiger partial charge in [-0.1, -0.05) is 0 Å². The predicted octanol–water partition coefficient (Wildman–Crippen LogP) is 0.949. The lowest BCUT2D eigenvalue weighted by atomic mass is 10.2. The van der Waals surface area contributed by atoms with Crippen LogP contribution in [0.1, 0.15) is 27.0 Å². The molecule has 21 heavy (non-hydrogen) atoms. The second kappa shape index (κ2) is 7.84. The number of ether oxygens (including phenoxy) is 2. The van der Waals surface area contributed by atoms with Gasteiger partial charge in [-0.3, -0.25) is 4.79 Å². The van der Waals surface area contributed by atoms with Crippen molar-refractivity contribution >= 4 is 33.9 Å². The summed E-state index contributed by atoms with van der Waals surface area (Å²) in [6, 6.07) is 0. The third-order valence-corrected chi connectivity index (χ3v) is 4.14. The van der Waals surface area contributed by atoms with Gasteiger partial charge in [-0.2, -0.15) is 0 Å². The van der Waals surface area contributed by atoms with E-state index in [0.29, 0.717) is 23.0 Å². The minimum atomic E-state index is -0.527. The van der Waals surface area contributed by atoms with Gasteiger partial charge in [0, 0.05) is 27.7 Å². The van der Waals surface area contributed by atoms with Crippen LogP contribution in [0, 0.1) is 0 Å². The van der Waals surface area contributed by atoms with Crippen molar-refractivity contribution in [1.82, 2.24) is 5.32 Å². The average Bonchev–Trinajstić information content (AvgIpc) is 2.81. The number of hydrogen-bond donors (Lipinski definition) is 2. The molecule has 0 saturated heterocycles. The van der Waals surface area contributed by atoms with E-state index in [1.54, 1.807) is 21.1 Å². The summed E-state index contributed by atoms with van der Waals surface area (Å²) in [5, 5.41) is 3.11. The second-order valence-corrected chi connectivity index (χ2v) is 5.24. The molecule has 0 aliphatic rings. The zero-order valence-electron chi connectivity index (χ0n) is 12.7. The molecule has 0 saturated carbocycles. The maximum Gasteiger partial charge on any atom is 0.343 e. The number of rotatable bonds is 7. The van der Waals surface area contributed by atoms with Crippen LogP contribution >= 0.6 is 11.3 Å². The van der Waals surface area contributed by atoms with Crippen LogP contribution in [-0.4, -0.2) is 52.8 Å². The summed E-state index contributed by atoms with van der Waals surface area (Å²) in [6.45, 7) is 3.01. The van der Waals surface area contributed by atoms with Crippen LogP contribution in [0.15, 0.2) is 0 Å². The number of esters is 1. The number of methoxy groups -OCH3 is 1. The molecule has 1 heterocycles. The molecule has 0 aliphatic carbocycles. The van der Waals surface area contributed by atoms with E-state index >= 15 is 0 Å². The molecular formula is C13H21N3O4S. The molecule has 0 atom stereocenters. The first-order chi connectivity index (χ1) is 9.97. The Hall–Kier alpha value is -1.80.